The molecule has 0 atom stereocenters. The fourth-order valence-electron chi connectivity index (χ4n) is 3.51. The zero-order chi connectivity index (χ0) is 17.2. The smallest absolute Gasteiger partial charge is 0.226 e. The van der Waals surface area contributed by atoms with E-state index in [1.165, 1.54) is 18.7 Å². The first-order chi connectivity index (χ1) is 11.5. The van der Waals surface area contributed by atoms with Crippen LogP contribution >= 0.6 is 0 Å². The van der Waals surface area contributed by atoms with E-state index in [1.54, 1.807) is 12.1 Å². The number of benzene rings is 1. The second kappa shape index (κ2) is 6.93. The van der Waals surface area contributed by atoms with Crippen molar-refractivity contribution in [3.8, 4) is 5.75 Å². The Morgan fingerprint density at radius 3 is 2.75 bits per heavy atom. The second-order valence-electron chi connectivity index (χ2n) is 6.68. The number of carbonyl (C=O) groups excluding carboxylic acids is 1. The molecule has 2 heterocycles. The van der Waals surface area contributed by atoms with Crippen LogP contribution in [0.3, 0.4) is 0 Å². The summed E-state index contributed by atoms with van der Waals surface area (Å²) in [6.07, 6.45) is 5.09. The summed E-state index contributed by atoms with van der Waals surface area (Å²) in [6, 6.07) is 4.67. The van der Waals surface area contributed by atoms with Gasteiger partial charge in [-0.3, -0.25) is 4.79 Å². The van der Waals surface area contributed by atoms with Crippen molar-refractivity contribution in [2.45, 2.75) is 38.2 Å². The monoisotopic (exact) mass is 333 g/mol. The molecule has 1 fully saturated rings. The predicted molar refractivity (Wildman–Crippen MR) is 89.5 cm³/mol. The molecule has 0 N–H and O–H groups in total. The summed E-state index contributed by atoms with van der Waals surface area (Å²) in [4.78, 5) is 14.3. The first-order valence-corrected chi connectivity index (χ1v) is 8.44. The van der Waals surface area contributed by atoms with Gasteiger partial charge in [-0.05, 0) is 43.9 Å². The number of nitrogens with zero attached hydrogens (tertiary/aromatic N) is 1. The Balaban J connectivity index is 1.59. The van der Waals surface area contributed by atoms with Crippen molar-refractivity contribution >= 4 is 5.91 Å². The number of carbonyl (C=O) groups is 1. The molecular formula is C19H24FNO3. The molecule has 0 saturated carbocycles. The van der Waals surface area contributed by atoms with Crippen molar-refractivity contribution in [2.24, 2.45) is 0 Å². The largest absolute Gasteiger partial charge is 0.494 e. The lowest BCUT2D eigenvalue weighted by Crippen LogP contribution is -2.48. The Morgan fingerprint density at radius 1 is 1.38 bits per heavy atom. The van der Waals surface area contributed by atoms with Crippen molar-refractivity contribution in [3.05, 3.63) is 41.2 Å². The first kappa shape index (κ1) is 17.0. The maximum atomic E-state index is 13.7. The number of hydrogen-bond acceptors (Lipinski definition) is 3. The van der Waals surface area contributed by atoms with Crippen molar-refractivity contribution in [1.82, 2.24) is 4.90 Å². The standard InChI is InChI=1S/C19H24FNO3/c1-14-5-10-24-19(13-14)6-8-21(9-7-19)18(22)12-15-3-4-17(23-2)16(20)11-15/h3-4,11,13H,5-10,12H2,1-2H3. The molecular weight excluding hydrogens is 309 g/mol. The van der Waals surface area contributed by atoms with Gasteiger partial charge < -0.3 is 14.4 Å². The second-order valence-corrected chi connectivity index (χ2v) is 6.68. The molecule has 0 bridgehead atoms. The molecule has 1 aromatic rings. The minimum Gasteiger partial charge on any atom is -0.494 e. The molecule has 0 radical (unpaired) electrons. The number of rotatable bonds is 3. The molecule has 5 heteroatoms. The topological polar surface area (TPSA) is 38.8 Å². The molecule has 4 nitrogen and oxygen atoms in total. The van der Waals surface area contributed by atoms with Gasteiger partial charge in [0.1, 0.15) is 0 Å². The number of halogens is 1. The quantitative estimate of drug-likeness (QED) is 0.798. The highest BCUT2D eigenvalue weighted by atomic mass is 19.1. The third-order valence-corrected chi connectivity index (χ3v) is 4.93. The van der Waals surface area contributed by atoms with Gasteiger partial charge in [0.05, 0.1) is 25.7 Å². The van der Waals surface area contributed by atoms with E-state index >= 15 is 0 Å². The molecule has 1 aromatic carbocycles. The fraction of sp³-hybridized carbons (Fsp3) is 0.526. The van der Waals surface area contributed by atoms with E-state index in [0.29, 0.717) is 18.7 Å². The van der Waals surface area contributed by atoms with E-state index in [9.17, 15) is 9.18 Å². The number of amides is 1. The molecule has 2 aliphatic rings. The lowest BCUT2D eigenvalue weighted by molar-refractivity contribution is -0.135. The fourth-order valence-corrected chi connectivity index (χ4v) is 3.51. The van der Waals surface area contributed by atoms with Crippen molar-refractivity contribution in [3.63, 3.8) is 0 Å². The molecule has 1 amide bonds. The highest BCUT2D eigenvalue weighted by molar-refractivity contribution is 5.79. The number of hydrogen-bond donors (Lipinski definition) is 0. The molecule has 3 rings (SSSR count). The molecule has 0 aliphatic carbocycles. The molecule has 0 unspecified atom stereocenters. The molecule has 1 spiro atoms. The van der Waals surface area contributed by atoms with E-state index < -0.39 is 5.82 Å². The maximum Gasteiger partial charge on any atom is 0.226 e. The van der Waals surface area contributed by atoms with E-state index in [4.69, 9.17) is 9.47 Å². The van der Waals surface area contributed by atoms with Crippen LogP contribution < -0.4 is 4.74 Å². The summed E-state index contributed by atoms with van der Waals surface area (Å²) < 4.78 is 24.6. The van der Waals surface area contributed by atoms with Gasteiger partial charge in [0.25, 0.3) is 0 Å². The van der Waals surface area contributed by atoms with Crippen LogP contribution in [0.15, 0.2) is 29.8 Å². The number of methoxy groups -OCH3 is 1. The van der Waals surface area contributed by atoms with Crippen LogP contribution in [0.1, 0.15) is 31.7 Å². The predicted octanol–water partition coefficient (Wildman–Crippen LogP) is 3.10. The Morgan fingerprint density at radius 2 is 2.12 bits per heavy atom. The Hall–Kier alpha value is -1.88. The van der Waals surface area contributed by atoms with Gasteiger partial charge in [-0.2, -0.15) is 0 Å². The lowest BCUT2D eigenvalue weighted by atomic mass is 9.87. The van der Waals surface area contributed by atoms with Crippen LogP contribution in [0.4, 0.5) is 4.39 Å². The van der Waals surface area contributed by atoms with Crippen LogP contribution in [0.25, 0.3) is 0 Å². The maximum absolute atomic E-state index is 13.7. The molecule has 24 heavy (non-hydrogen) atoms. The Bertz CT molecular complexity index is 648. The molecule has 130 valence electrons. The van der Waals surface area contributed by atoms with Crippen LogP contribution in [-0.4, -0.2) is 43.2 Å². The highest BCUT2D eigenvalue weighted by Crippen LogP contribution is 2.33. The third-order valence-electron chi connectivity index (χ3n) is 4.93. The minimum absolute atomic E-state index is 0.0333. The van der Waals surface area contributed by atoms with Gasteiger partial charge >= 0.3 is 0 Å². The number of piperidine rings is 1. The van der Waals surface area contributed by atoms with Crippen LogP contribution in [0.5, 0.6) is 5.75 Å². The summed E-state index contributed by atoms with van der Waals surface area (Å²) in [5.74, 6) is -0.203. The summed E-state index contributed by atoms with van der Waals surface area (Å²) >= 11 is 0. The highest BCUT2D eigenvalue weighted by Gasteiger charge is 2.36. The van der Waals surface area contributed by atoms with E-state index in [1.807, 2.05) is 4.90 Å². The van der Waals surface area contributed by atoms with Crippen LogP contribution in [0.2, 0.25) is 0 Å². The third kappa shape index (κ3) is 3.61. The molecule has 1 saturated heterocycles. The van der Waals surface area contributed by atoms with Crippen molar-refractivity contribution < 1.29 is 18.7 Å². The number of likely N-dealkylation sites (tertiary alicyclic amines) is 1. The Kier molecular flexibility index (Phi) is 4.90. The molecule has 0 aromatic heterocycles. The van der Waals surface area contributed by atoms with E-state index in [-0.39, 0.29) is 23.7 Å². The summed E-state index contributed by atoms with van der Waals surface area (Å²) in [5, 5.41) is 0. The SMILES string of the molecule is COc1ccc(CC(=O)N2CCC3(C=C(C)CCO3)CC2)cc1F. The first-order valence-electron chi connectivity index (χ1n) is 8.44. The van der Waals surface area contributed by atoms with Gasteiger partial charge in [0.2, 0.25) is 5.91 Å². The summed E-state index contributed by atoms with van der Waals surface area (Å²) in [7, 11) is 1.43. The van der Waals surface area contributed by atoms with E-state index in [0.717, 1.165) is 25.9 Å². The lowest BCUT2D eigenvalue weighted by Gasteiger charge is -2.42. The van der Waals surface area contributed by atoms with Gasteiger partial charge in [-0.1, -0.05) is 17.7 Å². The van der Waals surface area contributed by atoms with Crippen molar-refractivity contribution in [1.29, 1.82) is 0 Å². The zero-order valence-electron chi connectivity index (χ0n) is 14.3. The van der Waals surface area contributed by atoms with E-state index in [2.05, 4.69) is 13.0 Å². The summed E-state index contributed by atoms with van der Waals surface area (Å²) in [6.45, 7) is 4.27. The molecule has 2 aliphatic heterocycles. The normalized spacial score (nSPS) is 20.0. The Labute approximate surface area is 142 Å². The minimum atomic E-state index is -0.434. The van der Waals surface area contributed by atoms with Crippen molar-refractivity contribution in [2.75, 3.05) is 26.8 Å². The van der Waals surface area contributed by atoms with Gasteiger partial charge in [0, 0.05) is 13.1 Å². The summed E-state index contributed by atoms with van der Waals surface area (Å²) in [5.41, 5.74) is 1.85. The van der Waals surface area contributed by atoms with Crippen LogP contribution in [-0.2, 0) is 16.0 Å². The number of ether oxygens (including phenoxy) is 2. The average Bonchev–Trinajstić information content (AvgIpc) is 2.55. The van der Waals surface area contributed by atoms with Crippen LogP contribution in [0, 0.1) is 5.82 Å². The van der Waals surface area contributed by atoms with Gasteiger partial charge in [-0.15, -0.1) is 0 Å². The average molecular weight is 333 g/mol. The van der Waals surface area contributed by atoms with Gasteiger partial charge in [-0.25, -0.2) is 4.39 Å². The zero-order valence-corrected chi connectivity index (χ0v) is 14.3. The van der Waals surface area contributed by atoms with Gasteiger partial charge in [0.15, 0.2) is 11.6 Å².